The van der Waals surface area contributed by atoms with Gasteiger partial charge < -0.3 is 10.7 Å². The highest BCUT2D eigenvalue weighted by Crippen LogP contribution is 2.28. The number of benzene rings is 1. The maximum absolute atomic E-state index is 13.5. The van der Waals surface area contributed by atoms with Crippen molar-refractivity contribution in [1.82, 2.24) is 9.97 Å². The number of aromatic nitrogens is 2. The first-order chi connectivity index (χ1) is 7.61. The van der Waals surface area contributed by atoms with E-state index in [4.69, 9.17) is 5.73 Å². The second kappa shape index (κ2) is 4.31. The van der Waals surface area contributed by atoms with Gasteiger partial charge in [0.1, 0.15) is 27.8 Å². The molecular formula is C10H8BrF2N3. The van der Waals surface area contributed by atoms with Crippen LogP contribution in [-0.2, 0) is 6.54 Å². The van der Waals surface area contributed by atoms with E-state index < -0.39 is 11.6 Å². The van der Waals surface area contributed by atoms with Crippen molar-refractivity contribution in [2.45, 2.75) is 6.54 Å². The third-order valence-corrected chi connectivity index (χ3v) is 2.66. The second-order valence-corrected chi connectivity index (χ2v) is 3.97. The third kappa shape index (κ3) is 1.98. The molecule has 0 amide bonds. The zero-order valence-electron chi connectivity index (χ0n) is 8.10. The first-order valence-electron chi connectivity index (χ1n) is 4.51. The van der Waals surface area contributed by atoms with Gasteiger partial charge in [-0.15, -0.1) is 0 Å². The van der Waals surface area contributed by atoms with Crippen LogP contribution in [0, 0.1) is 11.6 Å². The number of hydrogen-bond donors (Lipinski definition) is 2. The number of rotatable bonds is 2. The zero-order valence-corrected chi connectivity index (χ0v) is 9.68. The molecule has 0 saturated heterocycles. The van der Waals surface area contributed by atoms with Gasteiger partial charge in [0.05, 0.1) is 6.54 Å². The van der Waals surface area contributed by atoms with E-state index >= 15 is 0 Å². The lowest BCUT2D eigenvalue weighted by Gasteiger charge is -2.00. The molecule has 1 aromatic carbocycles. The summed E-state index contributed by atoms with van der Waals surface area (Å²) in [4.78, 5) is 6.90. The number of imidazole rings is 1. The Morgan fingerprint density at radius 3 is 2.75 bits per heavy atom. The van der Waals surface area contributed by atoms with Crippen molar-refractivity contribution < 1.29 is 8.78 Å². The average Bonchev–Trinajstić information content (AvgIpc) is 2.63. The fourth-order valence-corrected chi connectivity index (χ4v) is 1.88. The number of halogens is 3. The molecule has 1 aromatic heterocycles. The third-order valence-electron chi connectivity index (χ3n) is 2.09. The van der Waals surface area contributed by atoms with Crippen LogP contribution in [0.2, 0.25) is 0 Å². The zero-order chi connectivity index (χ0) is 11.7. The van der Waals surface area contributed by atoms with Crippen molar-refractivity contribution in [2.24, 2.45) is 5.73 Å². The lowest BCUT2D eigenvalue weighted by atomic mass is 10.1. The van der Waals surface area contributed by atoms with Gasteiger partial charge in [0, 0.05) is 5.56 Å². The standard InChI is InChI=1S/C10H8BrF2N3/c11-10-9(15-8(4-14)16-10)6-3-5(12)1-2-7(6)13/h1-3H,4,14H2,(H,15,16). The van der Waals surface area contributed by atoms with Gasteiger partial charge in [-0.25, -0.2) is 13.8 Å². The first kappa shape index (κ1) is 11.2. The molecule has 0 unspecified atom stereocenters. The normalized spacial score (nSPS) is 10.8. The van der Waals surface area contributed by atoms with Gasteiger partial charge in [0.25, 0.3) is 0 Å². The van der Waals surface area contributed by atoms with Crippen molar-refractivity contribution in [3.8, 4) is 11.3 Å². The number of nitrogens with one attached hydrogen (secondary N) is 1. The van der Waals surface area contributed by atoms with E-state index in [1.807, 2.05) is 0 Å². The van der Waals surface area contributed by atoms with Crippen molar-refractivity contribution in [1.29, 1.82) is 0 Å². The van der Waals surface area contributed by atoms with E-state index in [-0.39, 0.29) is 12.1 Å². The summed E-state index contributed by atoms with van der Waals surface area (Å²) in [6.45, 7) is 0.204. The van der Waals surface area contributed by atoms with Crippen LogP contribution < -0.4 is 5.73 Å². The largest absolute Gasteiger partial charge is 0.335 e. The number of nitrogens with zero attached hydrogens (tertiary/aromatic N) is 1. The highest BCUT2D eigenvalue weighted by atomic mass is 79.9. The van der Waals surface area contributed by atoms with Crippen LogP contribution in [0.15, 0.2) is 22.8 Å². The molecule has 84 valence electrons. The number of hydrogen-bond acceptors (Lipinski definition) is 2. The van der Waals surface area contributed by atoms with Gasteiger partial charge in [-0.3, -0.25) is 0 Å². The van der Waals surface area contributed by atoms with Gasteiger partial charge in [-0.1, -0.05) is 0 Å². The van der Waals surface area contributed by atoms with Crippen molar-refractivity contribution in [2.75, 3.05) is 0 Å². The van der Waals surface area contributed by atoms with E-state index in [9.17, 15) is 8.78 Å². The molecule has 0 aliphatic heterocycles. The van der Waals surface area contributed by atoms with Crippen molar-refractivity contribution >= 4 is 15.9 Å². The Balaban J connectivity index is 2.57. The SMILES string of the molecule is NCc1nc(-c2cc(F)ccc2F)c(Br)[nH]1. The molecule has 0 aliphatic rings. The van der Waals surface area contributed by atoms with Crippen LogP contribution in [0.1, 0.15) is 5.82 Å². The smallest absolute Gasteiger partial charge is 0.132 e. The Labute approximate surface area is 98.8 Å². The summed E-state index contributed by atoms with van der Waals surface area (Å²) in [6.07, 6.45) is 0. The summed E-state index contributed by atoms with van der Waals surface area (Å²) in [6, 6.07) is 3.22. The average molecular weight is 288 g/mol. The molecule has 0 bridgehead atoms. The Hall–Kier alpha value is -1.27. The van der Waals surface area contributed by atoms with E-state index in [0.717, 1.165) is 18.2 Å². The van der Waals surface area contributed by atoms with Crippen LogP contribution in [0.25, 0.3) is 11.3 Å². The summed E-state index contributed by atoms with van der Waals surface area (Å²) in [5.74, 6) is -0.539. The van der Waals surface area contributed by atoms with Crippen LogP contribution in [0.3, 0.4) is 0 Å². The molecule has 2 rings (SSSR count). The van der Waals surface area contributed by atoms with Crippen LogP contribution in [-0.4, -0.2) is 9.97 Å². The minimum Gasteiger partial charge on any atom is -0.335 e. The predicted molar refractivity (Wildman–Crippen MR) is 59.5 cm³/mol. The maximum Gasteiger partial charge on any atom is 0.132 e. The van der Waals surface area contributed by atoms with Crippen LogP contribution >= 0.6 is 15.9 Å². The molecule has 3 nitrogen and oxygen atoms in total. The van der Waals surface area contributed by atoms with E-state index in [1.165, 1.54) is 0 Å². The van der Waals surface area contributed by atoms with Gasteiger partial charge in [-0.05, 0) is 34.1 Å². The summed E-state index contributed by atoms with van der Waals surface area (Å²) in [5, 5.41) is 0. The number of aromatic amines is 1. The molecular weight excluding hydrogens is 280 g/mol. The minimum absolute atomic E-state index is 0.0998. The highest BCUT2D eigenvalue weighted by molar-refractivity contribution is 9.10. The Morgan fingerprint density at radius 1 is 1.38 bits per heavy atom. The lowest BCUT2D eigenvalue weighted by molar-refractivity contribution is 0.602. The molecule has 16 heavy (non-hydrogen) atoms. The fraction of sp³-hybridized carbons (Fsp3) is 0.100. The van der Waals surface area contributed by atoms with Crippen molar-refractivity contribution in [3.63, 3.8) is 0 Å². The molecule has 0 atom stereocenters. The monoisotopic (exact) mass is 287 g/mol. The van der Waals surface area contributed by atoms with Crippen molar-refractivity contribution in [3.05, 3.63) is 40.3 Å². The van der Waals surface area contributed by atoms with Gasteiger partial charge in [-0.2, -0.15) is 0 Å². The molecule has 0 saturated carbocycles. The molecule has 0 spiro atoms. The lowest BCUT2D eigenvalue weighted by Crippen LogP contribution is -1.98. The predicted octanol–water partition coefficient (Wildman–Crippen LogP) is 2.58. The van der Waals surface area contributed by atoms with E-state index in [1.54, 1.807) is 0 Å². The van der Waals surface area contributed by atoms with Gasteiger partial charge in [0.2, 0.25) is 0 Å². The summed E-state index contributed by atoms with van der Waals surface area (Å²) < 4.78 is 27.0. The molecule has 2 aromatic rings. The molecule has 0 aliphatic carbocycles. The van der Waals surface area contributed by atoms with E-state index in [0.29, 0.717) is 16.1 Å². The topological polar surface area (TPSA) is 54.7 Å². The van der Waals surface area contributed by atoms with Crippen LogP contribution in [0.4, 0.5) is 8.78 Å². The summed E-state index contributed by atoms with van der Waals surface area (Å²) in [7, 11) is 0. The fourth-order valence-electron chi connectivity index (χ4n) is 1.35. The van der Waals surface area contributed by atoms with Gasteiger partial charge in [0.15, 0.2) is 0 Å². The molecule has 6 heteroatoms. The van der Waals surface area contributed by atoms with Gasteiger partial charge >= 0.3 is 0 Å². The minimum atomic E-state index is -0.530. The Kier molecular flexibility index (Phi) is 3.02. The first-order valence-corrected chi connectivity index (χ1v) is 5.31. The maximum atomic E-state index is 13.5. The Bertz CT molecular complexity index is 525. The summed E-state index contributed by atoms with van der Waals surface area (Å²) in [5.41, 5.74) is 5.81. The molecule has 3 N–H and O–H groups in total. The second-order valence-electron chi connectivity index (χ2n) is 3.17. The number of H-pyrrole nitrogens is 1. The van der Waals surface area contributed by atoms with E-state index in [2.05, 4.69) is 25.9 Å². The Morgan fingerprint density at radius 2 is 2.12 bits per heavy atom. The highest BCUT2D eigenvalue weighted by Gasteiger charge is 2.14. The molecule has 0 fully saturated rings. The quantitative estimate of drug-likeness (QED) is 0.892. The molecule has 1 heterocycles. The van der Waals surface area contributed by atoms with Crippen LogP contribution in [0.5, 0.6) is 0 Å². The molecule has 0 radical (unpaired) electrons. The summed E-state index contributed by atoms with van der Waals surface area (Å²) >= 11 is 3.19. The number of nitrogens with two attached hydrogens (primary N) is 1.